The quantitative estimate of drug-likeness (QED) is 0.290. The molecule has 0 unspecified atom stereocenters. The summed E-state index contributed by atoms with van der Waals surface area (Å²) in [6.45, 7) is 8.91. The zero-order valence-electron chi connectivity index (χ0n) is 20.4. The molecule has 0 saturated carbocycles. The van der Waals surface area contributed by atoms with Gasteiger partial charge in [-0.3, -0.25) is 9.59 Å². The van der Waals surface area contributed by atoms with Crippen molar-refractivity contribution in [2.75, 3.05) is 19.6 Å². The first-order valence-corrected chi connectivity index (χ1v) is 11.6. The number of carbonyl (C=O) groups is 2. The largest absolute Gasteiger partial charge is 0.405 e. The average molecular weight is 506 g/mol. The summed E-state index contributed by atoms with van der Waals surface area (Å²) in [5, 5.41) is 5.37. The maximum atomic E-state index is 12.9. The Balaban J connectivity index is 1.85. The number of likely N-dealkylation sites (tertiary alicyclic amines) is 1. The van der Waals surface area contributed by atoms with E-state index in [0.29, 0.717) is 41.3 Å². The van der Waals surface area contributed by atoms with E-state index >= 15 is 0 Å². The number of H-pyrrole nitrogens is 1. The summed E-state index contributed by atoms with van der Waals surface area (Å²) >= 11 is 0. The van der Waals surface area contributed by atoms with Gasteiger partial charge in [0.2, 0.25) is 5.91 Å². The van der Waals surface area contributed by atoms with Crippen LogP contribution in [0.2, 0.25) is 0 Å². The highest BCUT2D eigenvalue weighted by molar-refractivity contribution is 6.09. The van der Waals surface area contributed by atoms with E-state index in [1.165, 1.54) is 19.3 Å². The lowest BCUT2D eigenvalue weighted by Crippen LogP contribution is -2.45. The van der Waals surface area contributed by atoms with Crippen LogP contribution >= 0.6 is 0 Å². The highest BCUT2D eigenvalue weighted by atomic mass is 19.4. The van der Waals surface area contributed by atoms with Crippen molar-refractivity contribution in [3.8, 4) is 0 Å². The van der Waals surface area contributed by atoms with Crippen LogP contribution in [-0.2, 0) is 9.59 Å². The molecule has 3 N–H and O–H groups in total. The van der Waals surface area contributed by atoms with Gasteiger partial charge in [-0.25, -0.2) is 15.0 Å². The fraction of sp³-hybridized carbons (Fsp3) is 0.458. The SMILES string of the molecule is C=C(/C=C(\N=C(/C)c1c[nH]c2ncncc12)N[C@@H](C)C(=O)NCC(F)(F)F)C(=O)N1CCC(C)CC1. The van der Waals surface area contributed by atoms with Gasteiger partial charge in [0.05, 0.1) is 0 Å². The Kier molecular flexibility index (Phi) is 8.49. The number of nitrogens with one attached hydrogen (secondary N) is 3. The molecule has 1 saturated heterocycles. The molecule has 0 aromatic carbocycles. The minimum Gasteiger partial charge on any atom is -0.359 e. The Morgan fingerprint density at radius 1 is 1.36 bits per heavy atom. The summed E-state index contributed by atoms with van der Waals surface area (Å²) < 4.78 is 37.6. The van der Waals surface area contributed by atoms with E-state index in [1.54, 1.807) is 24.2 Å². The topological polar surface area (TPSA) is 115 Å². The fourth-order valence-electron chi connectivity index (χ4n) is 3.78. The molecule has 3 rings (SSSR count). The maximum Gasteiger partial charge on any atom is 0.405 e. The predicted molar refractivity (Wildman–Crippen MR) is 130 cm³/mol. The number of aromatic nitrogens is 3. The third-order valence-electron chi connectivity index (χ3n) is 5.91. The maximum absolute atomic E-state index is 12.9. The molecule has 9 nitrogen and oxygen atoms in total. The van der Waals surface area contributed by atoms with Crippen LogP contribution < -0.4 is 10.6 Å². The molecule has 2 aromatic rings. The third-order valence-corrected chi connectivity index (χ3v) is 5.91. The Morgan fingerprint density at radius 3 is 2.72 bits per heavy atom. The summed E-state index contributed by atoms with van der Waals surface area (Å²) in [7, 11) is 0. The van der Waals surface area contributed by atoms with Crippen molar-refractivity contribution in [1.82, 2.24) is 30.5 Å². The van der Waals surface area contributed by atoms with Crippen molar-refractivity contribution in [3.05, 3.63) is 48.3 Å². The van der Waals surface area contributed by atoms with E-state index in [2.05, 4.69) is 38.8 Å². The molecule has 3 heterocycles. The second-order valence-corrected chi connectivity index (χ2v) is 8.91. The summed E-state index contributed by atoms with van der Waals surface area (Å²) in [5.74, 6) is -0.479. The van der Waals surface area contributed by atoms with Gasteiger partial charge < -0.3 is 20.5 Å². The lowest BCUT2D eigenvalue weighted by Gasteiger charge is -2.30. The third kappa shape index (κ3) is 7.15. The van der Waals surface area contributed by atoms with Crippen LogP contribution in [0.5, 0.6) is 0 Å². The number of aromatic amines is 1. The van der Waals surface area contributed by atoms with Crippen LogP contribution in [0.15, 0.2) is 47.8 Å². The van der Waals surface area contributed by atoms with Gasteiger partial charge in [-0.1, -0.05) is 13.5 Å². The molecule has 194 valence electrons. The van der Waals surface area contributed by atoms with E-state index in [1.807, 2.05) is 5.32 Å². The van der Waals surface area contributed by atoms with Gasteiger partial charge in [0.15, 0.2) is 0 Å². The van der Waals surface area contributed by atoms with Crippen molar-refractivity contribution in [1.29, 1.82) is 0 Å². The van der Waals surface area contributed by atoms with Gasteiger partial charge in [-0.05, 0) is 38.7 Å². The van der Waals surface area contributed by atoms with E-state index in [9.17, 15) is 22.8 Å². The monoisotopic (exact) mass is 505 g/mol. The molecule has 1 fully saturated rings. The number of halogens is 3. The summed E-state index contributed by atoms with van der Waals surface area (Å²) in [6.07, 6.45) is 3.38. The standard InChI is InChI=1S/C24H30F3N7O2/c1-14-5-7-34(8-6-14)23(36)15(2)9-20(33-17(4)22(35)30-12-24(25,26)27)32-16(3)18-11-29-21-19(18)10-28-13-31-21/h9-11,13-14,17,33H,2,5-8,12H2,1,3-4H3,(H,30,35)(H,28,29,31)/b20-9+,32-16+/t17-/m0/s1. The zero-order chi connectivity index (χ0) is 26.5. The van der Waals surface area contributed by atoms with Crippen LogP contribution in [0.1, 0.15) is 39.2 Å². The smallest absolute Gasteiger partial charge is 0.359 e. The number of hydrogen-bond acceptors (Lipinski definition) is 6. The Morgan fingerprint density at radius 2 is 2.06 bits per heavy atom. The van der Waals surface area contributed by atoms with E-state index in [4.69, 9.17) is 0 Å². The minimum atomic E-state index is -4.53. The van der Waals surface area contributed by atoms with Crippen LogP contribution in [0.3, 0.4) is 0 Å². The normalized spacial score (nSPS) is 16.7. The van der Waals surface area contributed by atoms with Gasteiger partial charge >= 0.3 is 6.18 Å². The number of piperidine rings is 1. The van der Waals surface area contributed by atoms with Crippen LogP contribution in [0, 0.1) is 5.92 Å². The first kappa shape index (κ1) is 26.9. The number of alkyl halides is 3. The van der Waals surface area contributed by atoms with Crippen molar-refractivity contribution >= 4 is 28.6 Å². The highest BCUT2D eigenvalue weighted by Gasteiger charge is 2.29. The van der Waals surface area contributed by atoms with Crippen molar-refractivity contribution < 1.29 is 22.8 Å². The molecule has 1 aliphatic heterocycles. The summed E-state index contributed by atoms with van der Waals surface area (Å²) in [6, 6.07) is -1.07. The van der Waals surface area contributed by atoms with Crippen molar-refractivity contribution in [2.24, 2.45) is 10.9 Å². The lowest BCUT2D eigenvalue weighted by atomic mass is 9.99. The molecule has 12 heteroatoms. The molecule has 0 spiro atoms. The van der Waals surface area contributed by atoms with E-state index in [-0.39, 0.29) is 17.3 Å². The Bertz CT molecular complexity index is 1180. The number of nitrogens with zero attached hydrogens (tertiary/aromatic N) is 4. The summed E-state index contributed by atoms with van der Waals surface area (Å²) in [5.41, 5.74) is 1.94. The molecular weight excluding hydrogens is 475 g/mol. The predicted octanol–water partition coefficient (Wildman–Crippen LogP) is 3.08. The van der Waals surface area contributed by atoms with Gasteiger partial charge in [-0.2, -0.15) is 13.2 Å². The molecule has 1 aliphatic rings. The first-order valence-electron chi connectivity index (χ1n) is 11.6. The molecule has 2 aromatic heterocycles. The lowest BCUT2D eigenvalue weighted by molar-refractivity contribution is -0.139. The van der Waals surface area contributed by atoms with Crippen molar-refractivity contribution in [3.63, 3.8) is 0 Å². The number of carbonyl (C=O) groups excluding carboxylic acids is 2. The molecule has 2 amide bonds. The second kappa shape index (κ2) is 11.4. The molecular formula is C24H30F3N7O2. The van der Waals surface area contributed by atoms with Gasteiger partial charge in [0, 0.05) is 47.7 Å². The number of fused-ring (bicyclic) bond motifs is 1. The number of hydrogen-bond donors (Lipinski definition) is 3. The fourth-order valence-corrected chi connectivity index (χ4v) is 3.78. The summed E-state index contributed by atoms with van der Waals surface area (Å²) in [4.78, 5) is 42.6. The molecule has 0 bridgehead atoms. The van der Waals surface area contributed by atoms with Crippen LogP contribution in [0.4, 0.5) is 13.2 Å². The average Bonchev–Trinajstić information content (AvgIpc) is 3.26. The van der Waals surface area contributed by atoms with E-state index < -0.39 is 24.7 Å². The molecule has 0 radical (unpaired) electrons. The van der Waals surface area contributed by atoms with Crippen molar-refractivity contribution in [2.45, 2.75) is 45.8 Å². The first-order chi connectivity index (χ1) is 16.9. The molecule has 0 aliphatic carbocycles. The molecule has 36 heavy (non-hydrogen) atoms. The van der Waals surface area contributed by atoms with Crippen LogP contribution in [0.25, 0.3) is 11.0 Å². The van der Waals surface area contributed by atoms with Gasteiger partial charge in [0.25, 0.3) is 5.91 Å². The minimum absolute atomic E-state index is 0.108. The van der Waals surface area contributed by atoms with E-state index in [0.717, 1.165) is 12.8 Å². The number of amides is 2. The molecule has 1 atom stereocenters. The number of aliphatic imine (C=N–C) groups is 1. The van der Waals surface area contributed by atoms with Gasteiger partial charge in [-0.15, -0.1) is 0 Å². The Hall–Kier alpha value is -3.70. The second-order valence-electron chi connectivity index (χ2n) is 8.91. The number of rotatable bonds is 8. The van der Waals surface area contributed by atoms with Gasteiger partial charge in [0.1, 0.15) is 30.4 Å². The Labute approximate surface area is 207 Å². The van der Waals surface area contributed by atoms with Crippen LogP contribution in [-0.4, -0.2) is 69.2 Å². The zero-order valence-corrected chi connectivity index (χ0v) is 20.4. The highest BCUT2D eigenvalue weighted by Crippen LogP contribution is 2.20.